The lowest BCUT2D eigenvalue weighted by atomic mass is 9.84. The van der Waals surface area contributed by atoms with Crippen LogP contribution in [0.2, 0.25) is 0 Å². The minimum absolute atomic E-state index is 0.0994. The maximum atomic E-state index is 14.5. The van der Waals surface area contributed by atoms with Gasteiger partial charge < -0.3 is 33.6 Å². The van der Waals surface area contributed by atoms with Gasteiger partial charge in [-0.2, -0.15) is 0 Å². The monoisotopic (exact) mass is 879 g/mol. The van der Waals surface area contributed by atoms with Crippen LogP contribution in [0.25, 0.3) is 33.6 Å². The summed E-state index contributed by atoms with van der Waals surface area (Å²) in [6.45, 7) is 17.1. The Bertz CT molecular complexity index is 2420. The minimum atomic E-state index is -1.23. The Hall–Kier alpha value is -5.94. The van der Waals surface area contributed by atoms with E-state index in [0.29, 0.717) is 44.3 Å². The predicted molar refractivity (Wildman–Crippen MR) is 238 cm³/mol. The number of amides is 4. The zero-order chi connectivity index (χ0) is 46.0. The number of nitrogens with zero attached hydrogens (tertiary/aromatic N) is 7. The quantitative estimate of drug-likeness (QED) is 0.166. The molecule has 0 spiro atoms. The molecule has 3 aliphatic heterocycles. The van der Waals surface area contributed by atoms with Gasteiger partial charge in [0.2, 0.25) is 29.5 Å². The van der Waals surface area contributed by atoms with Crippen LogP contribution in [0.1, 0.15) is 84.1 Å². The standard InChI is InChI=1S/C47H61N9O8/c1-10-38(57)54-21-18-30(25-54)44(59)53(8)40(27(3)4)42(58)49-35-23-37-50-51-43(64-37)29-16-17-36-32(22-29)33(41(55(36)11-2)31-14-12-19-48-39(31)28(5)62-9)24-47(6,7)26-63-46(61)34-15-13-20-56(52-34)45(35)60/h10,12,14,16-17,19,22,27-28,30,34-35,40,52H,1,11,13,15,18,20-21,23-26H2,2-9H3,(H,49,58)/t28-,30-,34-,35-,40-/m0/s1. The molecule has 0 aliphatic carbocycles. The first kappa shape index (κ1) is 46.1. The molecule has 4 amide bonds. The molecule has 2 fully saturated rings. The zero-order valence-electron chi connectivity index (χ0n) is 38.2. The number of benzene rings is 1. The van der Waals surface area contributed by atoms with Crippen molar-refractivity contribution >= 4 is 40.5 Å². The Balaban J connectivity index is 1.27. The molecule has 17 heteroatoms. The van der Waals surface area contributed by atoms with Crippen molar-refractivity contribution in [3.63, 3.8) is 0 Å². The second kappa shape index (κ2) is 19.0. The van der Waals surface area contributed by atoms with Gasteiger partial charge in [-0.25, -0.2) is 5.43 Å². The molecule has 17 nitrogen and oxygen atoms in total. The van der Waals surface area contributed by atoms with Crippen molar-refractivity contribution < 1.29 is 37.9 Å². The largest absolute Gasteiger partial charge is 0.464 e. The Labute approximate surface area is 373 Å². The molecule has 0 saturated carbocycles. The Morgan fingerprint density at radius 2 is 1.91 bits per heavy atom. The summed E-state index contributed by atoms with van der Waals surface area (Å²) >= 11 is 0. The average molecular weight is 880 g/mol. The molecule has 0 unspecified atom stereocenters. The van der Waals surface area contributed by atoms with E-state index in [9.17, 15) is 24.0 Å². The number of rotatable bonds is 10. The summed E-state index contributed by atoms with van der Waals surface area (Å²) in [4.78, 5) is 76.6. The normalized spacial score (nSPS) is 21.3. The molecule has 1 aromatic carbocycles. The van der Waals surface area contributed by atoms with Gasteiger partial charge in [0.1, 0.15) is 18.1 Å². The highest BCUT2D eigenvalue weighted by Crippen LogP contribution is 2.42. The first-order chi connectivity index (χ1) is 30.5. The van der Waals surface area contributed by atoms with E-state index in [1.54, 1.807) is 25.3 Å². The van der Waals surface area contributed by atoms with Crippen LogP contribution < -0.4 is 10.7 Å². The van der Waals surface area contributed by atoms with Gasteiger partial charge in [0.05, 0.1) is 36.4 Å². The SMILES string of the molecule is C=CC(=O)N1CC[C@H](C(=O)N(C)[C@H](C(=O)N[C@H]2Cc3nnc(o3)-c3ccc4c(c3)c(c(-c3cccnc3[C@H](C)OC)n4CC)CC(C)(C)COC(=O)[C@@H]3CCCN(N3)C2=O)C(C)C)C1. The number of likely N-dealkylation sites (N-methyl/N-ethyl adjacent to an activating group) is 1. The van der Waals surface area contributed by atoms with Crippen LogP contribution in [0.3, 0.4) is 0 Å². The van der Waals surface area contributed by atoms with Crippen LogP contribution in [0, 0.1) is 17.3 Å². The topological polar surface area (TPSA) is 194 Å². The first-order valence-electron chi connectivity index (χ1n) is 22.2. The fourth-order valence-electron chi connectivity index (χ4n) is 9.35. The molecule has 7 rings (SSSR count). The molecule has 2 N–H and O–H groups in total. The van der Waals surface area contributed by atoms with Crippen molar-refractivity contribution in [3.8, 4) is 22.7 Å². The fraction of sp³-hybridized carbons (Fsp3) is 0.532. The lowest BCUT2D eigenvalue weighted by Crippen LogP contribution is -2.62. The molecular formula is C47H61N9O8. The zero-order valence-corrected chi connectivity index (χ0v) is 38.2. The number of carbonyl (C=O) groups excluding carboxylic acids is 5. The summed E-state index contributed by atoms with van der Waals surface area (Å²) in [7, 11) is 3.23. The number of hydrazine groups is 1. The van der Waals surface area contributed by atoms with Crippen molar-refractivity contribution in [3.05, 3.63) is 66.3 Å². The van der Waals surface area contributed by atoms with E-state index in [2.05, 4.69) is 58.9 Å². The van der Waals surface area contributed by atoms with E-state index in [-0.39, 0.29) is 61.7 Å². The third kappa shape index (κ3) is 9.32. The van der Waals surface area contributed by atoms with Gasteiger partial charge in [0, 0.05) is 74.0 Å². The number of aryl methyl sites for hydroxylation is 1. The fourth-order valence-corrected chi connectivity index (χ4v) is 9.35. The number of pyridine rings is 1. The van der Waals surface area contributed by atoms with Crippen molar-refractivity contribution in [1.82, 2.24) is 45.3 Å². The number of aromatic nitrogens is 4. The van der Waals surface area contributed by atoms with Gasteiger partial charge in [0.15, 0.2) is 0 Å². The third-order valence-corrected chi connectivity index (χ3v) is 12.7. The summed E-state index contributed by atoms with van der Waals surface area (Å²) in [6.07, 6.45) is 4.46. The highest BCUT2D eigenvalue weighted by Gasteiger charge is 2.40. The van der Waals surface area contributed by atoms with Gasteiger partial charge in [-0.05, 0) is 87.4 Å². The van der Waals surface area contributed by atoms with E-state index in [1.807, 2.05) is 45.0 Å². The van der Waals surface area contributed by atoms with Gasteiger partial charge >= 0.3 is 5.97 Å². The van der Waals surface area contributed by atoms with Crippen LogP contribution in [0.5, 0.6) is 0 Å². The number of hydrogen-bond donors (Lipinski definition) is 2. The Morgan fingerprint density at radius 3 is 2.62 bits per heavy atom. The first-order valence-corrected chi connectivity index (χ1v) is 22.2. The number of ether oxygens (including phenoxy) is 2. The molecule has 4 aromatic rings. The Morgan fingerprint density at radius 1 is 1.12 bits per heavy atom. The molecule has 5 atom stereocenters. The van der Waals surface area contributed by atoms with Gasteiger partial charge in [-0.15, -0.1) is 10.2 Å². The molecule has 3 aliphatic rings. The van der Waals surface area contributed by atoms with Gasteiger partial charge in [-0.1, -0.05) is 34.3 Å². The second-order valence-electron chi connectivity index (χ2n) is 18.3. The number of cyclic esters (lactones) is 1. The highest BCUT2D eigenvalue weighted by molar-refractivity contribution is 5.95. The maximum absolute atomic E-state index is 14.5. The number of likely N-dealkylation sites (tertiary alicyclic amines) is 1. The van der Waals surface area contributed by atoms with Crippen LogP contribution in [0.15, 0.2) is 53.6 Å². The smallest absolute Gasteiger partial charge is 0.324 e. The average Bonchev–Trinajstić information content (AvgIpc) is 4.05. The maximum Gasteiger partial charge on any atom is 0.324 e. The molecule has 342 valence electrons. The molecule has 6 heterocycles. The van der Waals surface area contributed by atoms with Crippen LogP contribution in [-0.2, 0) is 52.8 Å². The van der Waals surface area contributed by atoms with Crippen LogP contribution >= 0.6 is 0 Å². The molecular weight excluding hydrogens is 819 g/mol. The molecule has 3 aromatic heterocycles. The van der Waals surface area contributed by atoms with Crippen LogP contribution in [0.4, 0.5) is 0 Å². The summed E-state index contributed by atoms with van der Waals surface area (Å²) < 4.78 is 20.4. The van der Waals surface area contributed by atoms with E-state index in [1.165, 1.54) is 16.0 Å². The van der Waals surface area contributed by atoms with E-state index >= 15 is 0 Å². The second-order valence-corrected chi connectivity index (χ2v) is 18.3. The number of methoxy groups -OCH3 is 1. The van der Waals surface area contributed by atoms with Gasteiger partial charge in [-0.3, -0.25) is 34.0 Å². The van der Waals surface area contributed by atoms with E-state index < -0.39 is 47.2 Å². The number of fused-ring (bicyclic) bond motifs is 6. The highest BCUT2D eigenvalue weighted by atomic mass is 16.5. The summed E-state index contributed by atoms with van der Waals surface area (Å²) in [5.74, 6) is -2.59. The molecule has 2 saturated heterocycles. The lowest BCUT2D eigenvalue weighted by molar-refractivity contribution is -0.155. The number of esters is 1. The minimum Gasteiger partial charge on any atom is -0.464 e. The van der Waals surface area contributed by atoms with Crippen molar-refractivity contribution in [1.29, 1.82) is 0 Å². The third-order valence-electron chi connectivity index (χ3n) is 12.7. The van der Waals surface area contributed by atoms with E-state index in [0.717, 1.165) is 33.4 Å². The summed E-state index contributed by atoms with van der Waals surface area (Å²) in [5, 5.41) is 14.0. The van der Waals surface area contributed by atoms with E-state index in [4.69, 9.17) is 18.9 Å². The summed E-state index contributed by atoms with van der Waals surface area (Å²) in [5.41, 5.74) is 7.93. The number of carbonyl (C=O) groups is 5. The van der Waals surface area contributed by atoms with Crippen molar-refractivity contribution in [2.45, 2.75) is 104 Å². The molecule has 64 heavy (non-hydrogen) atoms. The number of hydrogen-bond acceptors (Lipinski definition) is 12. The Kier molecular flexibility index (Phi) is 13.7. The van der Waals surface area contributed by atoms with Crippen LogP contribution in [-0.4, -0.2) is 123 Å². The lowest BCUT2D eigenvalue weighted by Gasteiger charge is -2.36. The molecule has 6 bridgehead atoms. The predicted octanol–water partition coefficient (Wildman–Crippen LogP) is 4.65. The van der Waals surface area contributed by atoms with Crippen molar-refractivity contribution in [2.24, 2.45) is 17.3 Å². The van der Waals surface area contributed by atoms with Gasteiger partial charge in [0.25, 0.3) is 5.91 Å². The number of nitrogens with one attached hydrogen (secondary N) is 2. The van der Waals surface area contributed by atoms with Crippen molar-refractivity contribution in [2.75, 3.05) is 40.4 Å². The molecule has 0 radical (unpaired) electrons. The summed E-state index contributed by atoms with van der Waals surface area (Å²) in [6, 6.07) is 6.96.